The van der Waals surface area contributed by atoms with Gasteiger partial charge < -0.3 is 19.7 Å². The fraction of sp³-hybridized carbons (Fsp3) is 0.429. The Bertz CT molecular complexity index is 613. The Morgan fingerprint density at radius 3 is 2.40 bits per heavy atom. The van der Waals surface area contributed by atoms with Gasteiger partial charge in [0.25, 0.3) is 0 Å². The van der Waals surface area contributed by atoms with E-state index in [9.17, 15) is 0 Å². The molecule has 0 amide bonds. The van der Waals surface area contributed by atoms with E-state index in [4.69, 9.17) is 9.47 Å². The zero-order valence-corrected chi connectivity index (χ0v) is 15.6. The van der Waals surface area contributed by atoms with Crippen LogP contribution in [-0.4, -0.2) is 38.2 Å². The van der Waals surface area contributed by atoms with E-state index < -0.39 is 0 Å². The zero-order valence-electron chi connectivity index (χ0n) is 15.6. The van der Waals surface area contributed by atoms with Crippen LogP contribution in [0.15, 0.2) is 48.5 Å². The summed E-state index contributed by atoms with van der Waals surface area (Å²) in [5.74, 6) is 1.60. The summed E-state index contributed by atoms with van der Waals surface area (Å²) in [5.41, 5.74) is 2.27. The van der Waals surface area contributed by atoms with Crippen molar-refractivity contribution >= 4 is 0 Å². The zero-order chi connectivity index (χ0) is 17.9. The quantitative estimate of drug-likeness (QED) is 0.631. The normalized spacial score (nSPS) is 10.9. The van der Waals surface area contributed by atoms with Crippen LogP contribution >= 0.6 is 0 Å². The molecule has 0 spiro atoms. The Labute approximate surface area is 151 Å². The van der Waals surface area contributed by atoms with Crippen molar-refractivity contribution in [2.45, 2.75) is 27.0 Å². The van der Waals surface area contributed by atoms with Crippen LogP contribution in [0.25, 0.3) is 0 Å². The molecule has 4 heteroatoms. The predicted octanol–water partition coefficient (Wildman–Crippen LogP) is 3.71. The molecular formula is C21H30N2O2. The number of nitrogens with one attached hydrogen (secondary N) is 1. The molecule has 0 heterocycles. The molecule has 4 nitrogen and oxygen atoms in total. The molecule has 136 valence electrons. The molecule has 0 aliphatic carbocycles. The Kier molecular flexibility index (Phi) is 8.29. The first kappa shape index (κ1) is 19.3. The maximum atomic E-state index is 6.09. The third-order valence-corrected chi connectivity index (χ3v) is 4.32. The van der Waals surface area contributed by atoms with Crippen LogP contribution in [0, 0.1) is 0 Å². The topological polar surface area (TPSA) is 33.7 Å². The molecule has 1 N–H and O–H groups in total. The number of nitrogens with zero attached hydrogens (tertiary/aromatic N) is 1. The molecule has 0 saturated heterocycles. The van der Waals surface area contributed by atoms with Crippen LogP contribution in [0.3, 0.4) is 0 Å². The first-order valence-corrected chi connectivity index (χ1v) is 9.04. The van der Waals surface area contributed by atoms with Gasteiger partial charge >= 0.3 is 0 Å². The molecular weight excluding hydrogens is 312 g/mol. The fourth-order valence-corrected chi connectivity index (χ4v) is 2.75. The smallest absolute Gasteiger partial charge is 0.166 e. The summed E-state index contributed by atoms with van der Waals surface area (Å²) in [5, 5.41) is 3.51. The van der Waals surface area contributed by atoms with Crippen molar-refractivity contribution in [3.63, 3.8) is 0 Å². The summed E-state index contributed by atoms with van der Waals surface area (Å²) >= 11 is 0. The standard InChI is InChI=1S/C21H30N2O2/c1-4-23(5-2)15-14-22-16-19-12-9-13-20(24-3)21(19)25-17-18-10-7-6-8-11-18/h6-13,22H,4-5,14-17H2,1-3H3. The van der Waals surface area contributed by atoms with Crippen molar-refractivity contribution in [3.05, 3.63) is 59.7 Å². The predicted molar refractivity (Wildman–Crippen MR) is 103 cm³/mol. The molecule has 0 unspecified atom stereocenters. The molecule has 0 aliphatic heterocycles. The number of rotatable bonds is 11. The lowest BCUT2D eigenvalue weighted by molar-refractivity contribution is 0.279. The maximum Gasteiger partial charge on any atom is 0.166 e. The Hall–Kier alpha value is -2.04. The molecule has 2 aromatic rings. The largest absolute Gasteiger partial charge is 0.493 e. The van der Waals surface area contributed by atoms with Gasteiger partial charge in [0, 0.05) is 25.2 Å². The lowest BCUT2D eigenvalue weighted by atomic mass is 10.1. The summed E-state index contributed by atoms with van der Waals surface area (Å²) in [6.45, 7) is 9.87. The summed E-state index contributed by atoms with van der Waals surface area (Å²) in [6, 6.07) is 16.2. The highest BCUT2D eigenvalue weighted by Crippen LogP contribution is 2.31. The van der Waals surface area contributed by atoms with E-state index >= 15 is 0 Å². The van der Waals surface area contributed by atoms with Crippen molar-refractivity contribution in [1.82, 2.24) is 10.2 Å². The number of benzene rings is 2. The summed E-state index contributed by atoms with van der Waals surface area (Å²) in [7, 11) is 1.68. The monoisotopic (exact) mass is 342 g/mol. The van der Waals surface area contributed by atoms with E-state index in [1.54, 1.807) is 7.11 Å². The van der Waals surface area contributed by atoms with Crippen LogP contribution in [0.2, 0.25) is 0 Å². The maximum absolute atomic E-state index is 6.09. The number of para-hydroxylation sites is 1. The van der Waals surface area contributed by atoms with Gasteiger partial charge in [-0.2, -0.15) is 0 Å². The van der Waals surface area contributed by atoms with Crippen LogP contribution in [0.1, 0.15) is 25.0 Å². The van der Waals surface area contributed by atoms with Crippen LogP contribution in [-0.2, 0) is 13.2 Å². The number of hydrogen-bond donors (Lipinski definition) is 1. The fourth-order valence-electron chi connectivity index (χ4n) is 2.75. The first-order chi connectivity index (χ1) is 12.3. The van der Waals surface area contributed by atoms with Crippen LogP contribution in [0.4, 0.5) is 0 Å². The molecule has 0 aliphatic rings. The molecule has 0 saturated carbocycles. The number of hydrogen-bond acceptors (Lipinski definition) is 4. The van der Waals surface area contributed by atoms with E-state index in [1.165, 1.54) is 0 Å². The van der Waals surface area contributed by atoms with Crippen molar-refractivity contribution in [2.75, 3.05) is 33.3 Å². The lowest BCUT2D eigenvalue weighted by Gasteiger charge is -2.19. The Balaban J connectivity index is 1.97. The van der Waals surface area contributed by atoms with Gasteiger partial charge in [-0.25, -0.2) is 0 Å². The molecule has 2 aromatic carbocycles. The highest BCUT2D eigenvalue weighted by molar-refractivity contribution is 5.46. The highest BCUT2D eigenvalue weighted by atomic mass is 16.5. The van der Waals surface area contributed by atoms with Crippen molar-refractivity contribution in [1.29, 1.82) is 0 Å². The SMILES string of the molecule is CCN(CC)CCNCc1cccc(OC)c1OCc1ccccc1. The molecule has 0 bridgehead atoms. The number of ether oxygens (including phenoxy) is 2. The van der Waals surface area contributed by atoms with Gasteiger partial charge in [0.15, 0.2) is 11.5 Å². The van der Waals surface area contributed by atoms with E-state index in [0.29, 0.717) is 6.61 Å². The minimum Gasteiger partial charge on any atom is -0.493 e. The van der Waals surface area contributed by atoms with Crippen molar-refractivity contribution < 1.29 is 9.47 Å². The number of likely N-dealkylation sites (N-methyl/N-ethyl adjacent to an activating group) is 1. The minimum atomic E-state index is 0.535. The van der Waals surface area contributed by atoms with Gasteiger partial charge in [-0.05, 0) is 24.7 Å². The third kappa shape index (κ3) is 6.07. The van der Waals surface area contributed by atoms with Gasteiger partial charge in [-0.15, -0.1) is 0 Å². The average molecular weight is 342 g/mol. The second-order valence-corrected chi connectivity index (χ2v) is 5.93. The Morgan fingerprint density at radius 1 is 0.960 bits per heavy atom. The average Bonchev–Trinajstić information content (AvgIpc) is 2.67. The lowest BCUT2D eigenvalue weighted by Crippen LogP contribution is -2.31. The van der Waals surface area contributed by atoms with Crippen LogP contribution < -0.4 is 14.8 Å². The number of methoxy groups -OCH3 is 1. The van der Waals surface area contributed by atoms with Gasteiger partial charge in [0.2, 0.25) is 0 Å². The summed E-state index contributed by atoms with van der Waals surface area (Å²) in [6.07, 6.45) is 0. The van der Waals surface area contributed by atoms with Gasteiger partial charge in [-0.3, -0.25) is 0 Å². The molecule has 0 radical (unpaired) electrons. The Morgan fingerprint density at radius 2 is 1.72 bits per heavy atom. The first-order valence-electron chi connectivity index (χ1n) is 9.04. The molecule has 0 atom stereocenters. The van der Waals surface area contributed by atoms with E-state index in [-0.39, 0.29) is 0 Å². The third-order valence-electron chi connectivity index (χ3n) is 4.32. The van der Waals surface area contributed by atoms with E-state index in [2.05, 4.69) is 42.3 Å². The highest BCUT2D eigenvalue weighted by Gasteiger charge is 2.11. The molecule has 0 aromatic heterocycles. The minimum absolute atomic E-state index is 0.535. The molecule has 2 rings (SSSR count). The van der Waals surface area contributed by atoms with Gasteiger partial charge in [0.05, 0.1) is 7.11 Å². The second-order valence-electron chi connectivity index (χ2n) is 5.93. The van der Waals surface area contributed by atoms with Gasteiger partial charge in [-0.1, -0.05) is 56.3 Å². The second kappa shape index (κ2) is 10.7. The van der Waals surface area contributed by atoms with E-state index in [0.717, 1.165) is 55.3 Å². The van der Waals surface area contributed by atoms with E-state index in [1.807, 2.05) is 30.3 Å². The van der Waals surface area contributed by atoms with Crippen molar-refractivity contribution in [3.8, 4) is 11.5 Å². The summed E-state index contributed by atoms with van der Waals surface area (Å²) in [4.78, 5) is 2.41. The van der Waals surface area contributed by atoms with Crippen molar-refractivity contribution in [2.24, 2.45) is 0 Å². The summed E-state index contributed by atoms with van der Waals surface area (Å²) < 4.78 is 11.6. The van der Waals surface area contributed by atoms with Gasteiger partial charge in [0.1, 0.15) is 6.61 Å². The molecule has 25 heavy (non-hydrogen) atoms. The molecule has 0 fully saturated rings. The van der Waals surface area contributed by atoms with Crippen LogP contribution in [0.5, 0.6) is 11.5 Å².